The number of nitrogens with zero attached hydrogens (tertiary/aromatic N) is 7. The molecule has 0 spiro atoms. The van der Waals surface area contributed by atoms with Gasteiger partial charge in [-0.05, 0) is 131 Å². The number of hydrogen-bond acceptors (Lipinski definition) is 9. The predicted molar refractivity (Wildman–Crippen MR) is 263 cm³/mol. The van der Waals surface area contributed by atoms with E-state index in [1.54, 1.807) is 18.7 Å². The zero-order valence-electron chi connectivity index (χ0n) is 39.6. The van der Waals surface area contributed by atoms with Crippen LogP contribution >= 0.6 is 0 Å². The summed E-state index contributed by atoms with van der Waals surface area (Å²) in [5.74, 6) is 1.90. The molecule has 342 valence electrons. The zero-order valence-corrected chi connectivity index (χ0v) is 39.6. The quantitative estimate of drug-likeness (QED) is 0.0857. The third kappa shape index (κ3) is 8.67. The predicted octanol–water partition coefficient (Wildman–Crippen LogP) is 10.1. The van der Waals surface area contributed by atoms with Crippen molar-refractivity contribution in [2.75, 3.05) is 45.0 Å². The van der Waals surface area contributed by atoms with Gasteiger partial charge in [-0.3, -0.25) is 19.9 Å². The largest absolute Gasteiger partial charge is 0.485 e. The molecule has 0 aliphatic carbocycles. The summed E-state index contributed by atoms with van der Waals surface area (Å²) in [7, 11) is 0. The zero-order chi connectivity index (χ0) is 46.5. The maximum atomic E-state index is 11.6. The molecular formula is C54H62N8O4. The van der Waals surface area contributed by atoms with E-state index in [9.17, 15) is 10.1 Å². The number of fused-ring (bicyclic) bond motifs is 2. The van der Waals surface area contributed by atoms with Crippen LogP contribution in [-0.4, -0.2) is 84.3 Å². The summed E-state index contributed by atoms with van der Waals surface area (Å²) in [5.41, 5.74) is 22.6. The van der Waals surface area contributed by atoms with Gasteiger partial charge in [0.25, 0.3) is 5.69 Å². The molecule has 4 aliphatic rings. The lowest BCUT2D eigenvalue weighted by atomic mass is 9.91. The van der Waals surface area contributed by atoms with Gasteiger partial charge in [0.2, 0.25) is 0 Å². The molecule has 4 aromatic carbocycles. The number of nitrogens with two attached hydrogens (primary N) is 1. The van der Waals surface area contributed by atoms with E-state index < -0.39 is 5.60 Å². The highest BCUT2D eigenvalue weighted by atomic mass is 16.6. The molecule has 0 saturated carbocycles. The smallest absolute Gasteiger partial charge is 0.275 e. The van der Waals surface area contributed by atoms with Crippen molar-refractivity contribution in [1.82, 2.24) is 28.9 Å². The van der Waals surface area contributed by atoms with Crippen LogP contribution in [0.25, 0.3) is 22.5 Å². The fourth-order valence-corrected chi connectivity index (χ4v) is 10.5. The minimum absolute atomic E-state index is 0.212. The Kier molecular flexibility index (Phi) is 12.0. The Labute approximate surface area is 388 Å². The summed E-state index contributed by atoms with van der Waals surface area (Å²) in [5, 5.41) is 11.6. The van der Waals surface area contributed by atoms with Gasteiger partial charge in [-0.15, -0.1) is 0 Å². The Bertz CT molecular complexity index is 2810. The number of hydrogen-bond donors (Lipinski definition) is 1. The molecule has 2 aromatic heterocycles. The molecule has 0 fully saturated rings. The molecule has 66 heavy (non-hydrogen) atoms. The van der Waals surface area contributed by atoms with E-state index in [0.717, 1.165) is 109 Å². The van der Waals surface area contributed by atoms with Gasteiger partial charge in [-0.2, -0.15) is 0 Å². The second-order valence-electron chi connectivity index (χ2n) is 19.3. The van der Waals surface area contributed by atoms with Gasteiger partial charge in [0.1, 0.15) is 22.7 Å². The average molecular weight is 887 g/mol. The first-order valence-electron chi connectivity index (χ1n) is 23.1. The molecule has 0 saturated heterocycles. The molecule has 2 N–H and O–H groups in total. The van der Waals surface area contributed by atoms with Crippen molar-refractivity contribution >= 4 is 22.5 Å². The highest BCUT2D eigenvalue weighted by Gasteiger charge is 2.42. The molecule has 2 atom stereocenters. The van der Waals surface area contributed by atoms with Crippen LogP contribution in [0.4, 0.5) is 11.4 Å². The minimum Gasteiger partial charge on any atom is -0.485 e. The molecule has 0 amide bonds. The normalized spacial score (nSPS) is 20.4. The molecule has 2 unspecified atom stereocenters. The highest BCUT2D eigenvalue weighted by molar-refractivity contribution is 5.69. The second-order valence-corrected chi connectivity index (χ2v) is 19.3. The molecule has 6 heterocycles. The van der Waals surface area contributed by atoms with Crippen LogP contribution in [-0.2, 0) is 12.8 Å². The maximum Gasteiger partial charge on any atom is 0.275 e. The van der Waals surface area contributed by atoms with E-state index in [1.165, 1.54) is 39.0 Å². The summed E-state index contributed by atoms with van der Waals surface area (Å²) >= 11 is 0. The van der Waals surface area contributed by atoms with Crippen molar-refractivity contribution in [3.8, 4) is 22.9 Å². The standard InChI is InChI=1S/C27H30N4O3.C27H32N4O/c1-18-19(2)26-24(20(3)25(18)31(32)33)15-27(4,34-26)16-29-12-9-22(10-13-29)21-5-7-23(8-6-21)30-14-11-28-17-30;1-18-19(2)26-24(20(3)25(18)28)15-27(4,32-26)16-30-12-9-22(10-13-30)21-5-7-23(8-6-21)31-14-11-29-17-31/h5-9,11,14,17H,10,12-13,15-16H2,1-4H3;5-9,11,14,17H,10,12-13,15-16,28H2,1-4H3. The molecule has 10 rings (SSSR count). The SMILES string of the molecule is Cc1c(C)c([N+](=O)[O-])c(C)c2c1OC(C)(CN1CC=C(c3ccc(-n4ccnc4)cc3)CC1)C2.Cc1c(C)c2c(c(C)c1N)CC(C)(CN1CC=C(c3ccc(-n4ccnc4)cc3)CC1)O2. The number of nitrogen functional groups attached to an aromatic ring is 1. The second kappa shape index (κ2) is 17.7. The Morgan fingerprint density at radius 2 is 1.08 bits per heavy atom. The van der Waals surface area contributed by atoms with Crippen LogP contribution in [0, 0.1) is 51.7 Å². The molecule has 0 bridgehead atoms. The molecule has 4 aliphatic heterocycles. The number of imidazole rings is 2. The lowest BCUT2D eigenvalue weighted by molar-refractivity contribution is -0.386. The van der Waals surface area contributed by atoms with Gasteiger partial charge >= 0.3 is 0 Å². The first-order valence-corrected chi connectivity index (χ1v) is 23.1. The number of nitro benzene ring substituents is 1. The molecule has 12 nitrogen and oxygen atoms in total. The van der Waals surface area contributed by atoms with Gasteiger partial charge in [0, 0.05) is 122 Å². The lowest BCUT2D eigenvalue weighted by Gasteiger charge is -2.34. The number of nitro groups is 1. The fraction of sp³-hybridized carbons (Fsp3) is 0.370. The van der Waals surface area contributed by atoms with Gasteiger partial charge in [0.15, 0.2) is 0 Å². The summed E-state index contributed by atoms with van der Waals surface area (Å²) in [4.78, 5) is 24.6. The first-order chi connectivity index (χ1) is 31.6. The van der Waals surface area contributed by atoms with Crippen LogP contribution in [0.15, 0.2) is 98.1 Å². The number of ether oxygens (including phenoxy) is 2. The minimum atomic E-state index is -0.392. The third-order valence-corrected chi connectivity index (χ3v) is 14.5. The van der Waals surface area contributed by atoms with Crippen LogP contribution in [0.1, 0.15) is 82.3 Å². The molecular weight excluding hydrogens is 825 g/mol. The Hall–Kier alpha value is -6.50. The number of rotatable bonds is 9. The molecule has 6 aromatic rings. The average Bonchev–Trinajstić information content (AvgIpc) is 4.16. The fourth-order valence-electron chi connectivity index (χ4n) is 10.5. The van der Waals surface area contributed by atoms with Gasteiger partial charge in [-0.1, -0.05) is 36.4 Å². The Balaban J connectivity index is 0.000000166. The summed E-state index contributed by atoms with van der Waals surface area (Å²) in [6.07, 6.45) is 19.5. The number of benzene rings is 4. The van der Waals surface area contributed by atoms with Crippen molar-refractivity contribution in [3.63, 3.8) is 0 Å². The monoisotopic (exact) mass is 886 g/mol. The van der Waals surface area contributed by atoms with Crippen LogP contribution in [0.2, 0.25) is 0 Å². The van der Waals surface area contributed by atoms with Crippen molar-refractivity contribution < 1.29 is 14.4 Å². The highest BCUT2D eigenvalue weighted by Crippen LogP contribution is 2.46. The van der Waals surface area contributed by atoms with E-state index in [-0.39, 0.29) is 16.2 Å². The third-order valence-electron chi connectivity index (χ3n) is 14.5. The summed E-state index contributed by atoms with van der Waals surface area (Å²) in [6, 6.07) is 17.4. The number of anilines is 1. The van der Waals surface area contributed by atoms with Crippen molar-refractivity contribution in [2.45, 2.75) is 92.3 Å². The Morgan fingerprint density at radius 3 is 1.47 bits per heavy atom. The molecule has 12 heteroatoms. The molecule has 0 radical (unpaired) electrons. The van der Waals surface area contributed by atoms with Crippen LogP contribution in [0.3, 0.4) is 0 Å². The van der Waals surface area contributed by atoms with Crippen LogP contribution < -0.4 is 15.2 Å². The summed E-state index contributed by atoms with van der Waals surface area (Å²) in [6.45, 7) is 21.9. The van der Waals surface area contributed by atoms with E-state index in [1.807, 2.05) is 48.6 Å². The lowest BCUT2D eigenvalue weighted by Crippen LogP contribution is -2.45. The topological polar surface area (TPSA) is 130 Å². The van der Waals surface area contributed by atoms with Crippen LogP contribution in [0.5, 0.6) is 11.5 Å². The van der Waals surface area contributed by atoms with Gasteiger partial charge in [-0.25, -0.2) is 9.97 Å². The van der Waals surface area contributed by atoms with Gasteiger partial charge < -0.3 is 24.3 Å². The van der Waals surface area contributed by atoms with E-state index in [2.05, 4.69) is 115 Å². The van der Waals surface area contributed by atoms with E-state index in [4.69, 9.17) is 15.2 Å². The first kappa shape index (κ1) is 44.7. The van der Waals surface area contributed by atoms with E-state index in [0.29, 0.717) is 12.0 Å². The number of aromatic nitrogens is 4. The van der Waals surface area contributed by atoms with Crippen molar-refractivity contribution in [1.29, 1.82) is 0 Å². The van der Waals surface area contributed by atoms with Crippen molar-refractivity contribution in [2.24, 2.45) is 0 Å². The maximum absolute atomic E-state index is 11.6. The van der Waals surface area contributed by atoms with Gasteiger partial charge in [0.05, 0.1) is 17.6 Å². The van der Waals surface area contributed by atoms with E-state index >= 15 is 0 Å². The van der Waals surface area contributed by atoms with Crippen molar-refractivity contribution in [3.05, 3.63) is 164 Å². The Morgan fingerprint density at radius 1 is 0.636 bits per heavy atom. The summed E-state index contributed by atoms with van der Waals surface area (Å²) < 4.78 is 17.1.